The third-order valence-corrected chi connectivity index (χ3v) is 9.15. The van der Waals surface area contributed by atoms with Gasteiger partial charge in [0.15, 0.2) is 0 Å². The first-order chi connectivity index (χ1) is 13.7. The van der Waals surface area contributed by atoms with Crippen LogP contribution in [0, 0.1) is 0 Å². The minimum absolute atomic E-state index is 1.04. The highest BCUT2D eigenvalue weighted by molar-refractivity contribution is 7.63. The zero-order valence-electron chi connectivity index (χ0n) is 19.7. The molecule has 0 aromatic rings. The Morgan fingerprint density at radius 3 is 0.893 bits per heavy atom. The second kappa shape index (κ2) is 25.4. The van der Waals surface area contributed by atoms with E-state index in [-0.39, 0.29) is 0 Å². The lowest BCUT2D eigenvalue weighted by molar-refractivity contribution is 0.555. The Bertz CT molecular complexity index is 287. The van der Waals surface area contributed by atoms with Crippen molar-refractivity contribution in [3.63, 3.8) is 0 Å². The van der Waals surface area contributed by atoms with Gasteiger partial charge in [0.25, 0.3) is 0 Å². The van der Waals surface area contributed by atoms with E-state index in [1.54, 1.807) is 0 Å². The molecule has 0 aromatic carbocycles. The fourth-order valence-electron chi connectivity index (χ4n) is 3.88. The molecule has 28 heavy (non-hydrogen) atoms. The van der Waals surface area contributed by atoms with Crippen LogP contribution >= 0.6 is 16.3 Å². The molecule has 0 aromatic heterocycles. The largest absolute Gasteiger partial charge is 0.324 e. The van der Waals surface area contributed by atoms with Crippen molar-refractivity contribution in [1.29, 1.82) is 0 Å². The molecule has 0 saturated carbocycles. The highest BCUT2D eigenvalue weighted by atomic mass is 31.2. The topological polar surface area (TPSA) is 34.1 Å². The summed E-state index contributed by atoms with van der Waals surface area (Å²) in [7, 11) is -0.719. The maximum absolute atomic E-state index is 13.5. The Morgan fingerprint density at radius 2 is 0.643 bits per heavy atom. The smallest absolute Gasteiger partial charge is 0.310 e. The number of rotatable bonds is 21. The minimum Gasteiger partial charge on any atom is -0.324 e. The van der Waals surface area contributed by atoms with E-state index in [4.69, 9.17) is 4.57 Å². The van der Waals surface area contributed by atoms with Gasteiger partial charge in [-0.3, -0.25) is 0 Å². The molecule has 170 valence electrons. The van der Waals surface area contributed by atoms with Crippen molar-refractivity contribution in [2.75, 3.05) is 18.5 Å². The average Bonchev–Trinajstić information content (AvgIpc) is 2.71. The summed E-state index contributed by atoms with van der Waals surface area (Å²) in [5, 5.41) is 0. The predicted molar refractivity (Wildman–Crippen MR) is 133 cm³/mol. The second-order valence-corrected chi connectivity index (χ2v) is 12.0. The summed E-state index contributed by atoms with van der Waals surface area (Å²) < 4.78 is 21.6. The van der Waals surface area contributed by atoms with Gasteiger partial charge in [-0.2, -0.15) is 0 Å². The third kappa shape index (κ3) is 22.6. The third-order valence-electron chi connectivity index (χ3n) is 5.76. The molecular formula is C24H53O2P2+. The minimum atomic E-state index is -1.89. The van der Waals surface area contributed by atoms with Gasteiger partial charge in [0.1, 0.15) is 0 Å². The maximum atomic E-state index is 13.5. The normalized spacial score (nSPS) is 11.2. The average molecular weight is 436 g/mol. The first-order valence-corrected chi connectivity index (χ1v) is 15.2. The lowest BCUT2D eigenvalue weighted by Gasteiger charge is -2.18. The molecule has 0 N–H and O–H groups in total. The van der Waals surface area contributed by atoms with Crippen LogP contribution in [0.4, 0.5) is 0 Å². The molecule has 0 radical (unpaired) electrons. The number of hydrogen-bond donors (Lipinski definition) is 0. The predicted octanol–water partition coefficient (Wildman–Crippen LogP) is 9.64. The van der Waals surface area contributed by atoms with Crippen LogP contribution in [0.1, 0.15) is 136 Å². The molecule has 4 heteroatoms. The Labute approximate surface area is 180 Å². The molecule has 0 aliphatic heterocycles. The molecular weight excluding hydrogens is 382 g/mol. The van der Waals surface area contributed by atoms with Crippen LogP contribution < -0.4 is 0 Å². The molecule has 0 bridgehead atoms. The van der Waals surface area contributed by atoms with Gasteiger partial charge in [-0.25, -0.2) is 0 Å². The quantitative estimate of drug-likeness (QED) is 0.133. The summed E-state index contributed by atoms with van der Waals surface area (Å²) in [6.45, 7) is 6.82. The van der Waals surface area contributed by atoms with Gasteiger partial charge in [-0.15, -0.1) is 0 Å². The summed E-state index contributed by atoms with van der Waals surface area (Å²) in [6.07, 6.45) is 26.9. The monoisotopic (exact) mass is 435 g/mol. The van der Waals surface area contributed by atoms with E-state index in [2.05, 4.69) is 20.8 Å². The molecule has 1 unspecified atom stereocenters. The van der Waals surface area contributed by atoms with Crippen LogP contribution in [0.3, 0.4) is 0 Å². The van der Waals surface area contributed by atoms with Crippen LogP contribution in [-0.2, 0) is 9.13 Å². The molecule has 0 rings (SSSR count). The molecule has 1 atom stereocenters. The number of unbranched alkanes of at least 4 members (excludes halogenated alkanes) is 15. The molecule has 0 spiro atoms. The molecule has 0 fully saturated rings. The Kier molecular flexibility index (Phi) is 27.7. The second-order valence-electron chi connectivity index (χ2n) is 8.53. The van der Waals surface area contributed by atoms with E-state index < -0.39 is 7.14 Å². The van der Waals surface area contributed by atoms with E-state index in [1.807, 2.05) is 0 Å². The molecule has 2 nitrogen and oxygen atoms in total. The van der Waals surface area contributed by atoms with Crippen LogP contribution in [-0.4, -0.2) is 18.5 Å². The van der Waals surface area contributed by atoms with Gasteiger partial charge in [-0.05, 0) is 19.3 Å². The van der Waals surface area contributed by atoms with Crippen LogP contribution in [0.5, 0.6) is 0 Å². The molecule has 0 heterocycles. The first-order valence-electron chi connectivity index (χ1n) is 12.5. The van der Waals surface area contributed by atoms with Crippen molar-refractivity contribution >= 4 is 16.3 Å². The van der Waals surface area contributed by atoms with Gasteiger partial charge in [0.05, 0.1) is 7.14 Å². The highest BCUT2D eigenvalue weighted by Crippen LogP contribution is 2.48. The zero-order valence-corrected chi connectivity index (χ0v) is 21.7. The maximum Gasteiger partial charge on any atom is 0.310 e. The molecule has 0 amide bonds. The molecule has 0 aliphatic carbocycles. The van der Waals surface area contributed by atoms with Crippen LogP contribution in [0.25, 0.3) is 0 Å². The van der Waals surface area contributed by atoms with Crippen molar-refractivity contribution in [3.05, 3.63) is 0 Å². The van der Waals surface area contributed by atoms with E-state index in [1.165, 1.54) is 125 Å². The summed E-state index contributed by atoms with van der Waals surface area (Å²) in [4.78, 5) is 0. The lowest BCUT2D eigenvalue weighted by Crippen LogP contribution is -2.02. The highest BCUT2D eigenvalue weighted by Gasteiger charge is 2.20. The molecule has 0 saturated heterocycles. The van der Waals surface area contributed by atoms with E-state index in [9.17, 15) is 4.57 Å². The van der Waals surface area contributed by atoms with Crippen molar-refractivity contribution in [1.82, 2.24) is 0 Å². The van der Waals surface area contributed by atoms with E-state index in [0.717, 1.165) is 18.5 Å². The van der Waals surface area contributed by atoms with E-state index >= 15 is 0 Å². The van der Waals surface area contributed by atoms with Crippen molar-refractivity contribution in [2.24, 2.45) is 0 Å². The van der Waals surface area contributed by atoms with Gasteiger partial charge < -0.3 is 4.57 Å². The standard InChI is InChI=1S/C24H51OP.H2OP/c1-4-7-10-13-16-19-22-26(25,23-20-17-14-11-8-5-2)24-21-18-15-12-9-6-3;1-2/h4-24H2,1-3H3;2H2/q;+1. The van der Waals surface area contributed by atoms with E-state index in [0.29, 0.717) is 0 Å². The van der Waals surface area contributed by atoms with Crippen molar-refractivity contribution in [2.45, 2.75) is 136 Å². The summed E-state index contributed by atoms with van der Waals surface area (Å²) >= 11 is 0. The van der Waals surface area contributed by atoms with Gasteiger partial charge in [0.2, 0.25) is 0 Å². The van der Waals surface area contributed by atoms with Crippen LogP contribution in [0.15, 0.2) is 0 Å². The summed E-state index contributed by atoms with van der Waals surface area (Å²) in [6, 6.07) is 0. The summed E-state index contributed by atoms with van der Waals surface area (Å²) in [5.41, 5.74) is 0. The fourth-order valence-corrected chi connectivity index (χ4v) is 6.95. The Morgan fingerprint density at radius 1 is 0.429 bits per heavy atom. The van der Waals surface area contributed by atoms with Crippen molar-refractivity contribution in [3.8, 4) is 0 Å². The fraction of sp³-hybridized carbons (Fsp3) is 1.00. The van der Waals surface area contributed by atoms with Gasteiger partial charge in [0, 0.05) is 18.5 Å². The Hall–Kier alpha value is 0.330. The molecule has 0 aliphatic rings. The van der Waals surface area contributed by atoms with Crippen LogP contribution in [0.2, 0.25) is 0 Å². The van der Waals surface area contributed by atoms with Gasteiger partial charge in [-0.1, -0.05) is 122 Å². The first kappa shape index (κ1) is 30.5. The number of hydrogen-bond acceptors (Lipinski definition) is 2. The van der Waals surface area contributed by atoms with Gasteiger partial charge >= 0.3 is 9.12 Å². The summed E-state index contributed by atoms with van der Waals surface area (Å²) in [5.74, 6) is 0. The lowest BCUT2D eigenvalue weighted by atomic mass is 10.1. The Balaban J connectivity index is 0. The van der Waals surface area contributed by atoms with Crippen molar-refractivity contribution < 1.29 is 9.13 Å². The SMILES string of the molecule is CCCCCCCCP(=O)(CCCCCCCC)CCCCCCCC.O=[PH2+]. The zero-order chi connectivity index (χ0) is 21.3.